The molecule has 2 atom stereocenters. The molecule has 146 valence electrons. The topological polar surface area (TPSA) is 90.7 Å². The van der Waals surface area contributed by atoms with Gasteiger partial charge in [-0.3, -0.25) is 20.2 Å². The molecule has 0 saturated heterocycles. The number of benzene rings is 1. The maximum Gasteiger partial charge on any atom is 0.325 e. The van der Waals surface area contributed by atoms with Crippen LogP contribution in [0.3, 0.4) is 0 Å². The Morgan fingerprint density at radius 3 is 2.23 bits per heavy atom. The monoisotopic (exact) mass is 382 g/mol. The van der Waals surface area contributed by atoms with E-state index in [2.05, 4.69) is 39.2 Å². The van der Waals surface area contributed by atoms with E-state index in [-0.39, 0.29) is 16.8 Å². The summed E-state index contributed by atoms with van der Waals surface area (Å²) >= 11 is 0. The maximum atomic E-state index is 12.2. The van der Waals surface area contributed by atoms with Crippen LogP contribution >= 0.6 is 0 Å². The summed E-state index contributed by atoms with van der Waals surface area (Å²) in [5.74, 6) is -0.391. The minimum absolute atomic E-state index is 0.0281. The largest absolute Gasteiger partial charge is 0.468 e. The van der Waals surface area contributed by atoms with E-state index in [0.717, 1.165) is 5.56 Å². The molecule has 0 radical (unpaired) electrons. The second kappa shape index (κ2) is 8.74. The first-order valence-electron chi connectivity index (χ1n) is 8.61. The Balaban J connectivity index is 2.84. The van der Waals surface area contributed by atoms with Crippen molar-refractivity contribution in [1.82, 2.24) is 5.32 Å². The van der Waals surface area contributed by atoms with Crippen LogP contribution in [0.1, 0.15) is 33.3 Å². The predicted molar refractivity (Wildman–Crippen MR) is 103 cm³/mol. The van der Waals surface area contributed by atoms with Gasteiger partial charge in [-0.25, -0.2) is 0 Å². The summed E-state index contributed by atoms with van der Waals surface area (Å²) < 4.78 is 11.2. The van der Waals surface area contributed by atoms with Crippen molar-refractivity contribution in [2.75, 3.05) is 7.11 Å². The fourth-order valence-electron chi connectivity index (χ4n) is 2.24. The van der Waals surface area contributed by atoms with Crippen molar-refractivity contribution in [3.63, 3.8) is 0 Å². The standard InChI is InChI=1S/C18H30N2O5Si/c1-13(25-26(6,7)18(2,3)4)16(17(21)24-5)19-12-14-8-10-15(11-9-14)20(22)23/h8-11,13,16,19H,12H2,1-7H3/t13-,16+/m1/s1. The van der Waals surface area contributed by atoms with E-state index in [1.54, 1.807) is 12.1 Å². The maximum absolute atomic E-state index is 12.2. The molecule has 0 aliphatic heterocycles. The minimum atomic E-state index is -2.04. The van der Waals surface area contributed by atoms with Gasteiger partial charge in [-0.05, 0) is 30.6 Å². The van der Waals surface area contributed by atoms with Crippen molar-refractivity contribution in [1.29, 1.82) is 0 Å². The summed E-state index contributed by atoms with van der Waals surface area (Å²) in [4.78, 5) is 22.5. The van der Waals surface area contributed by atoms with Crippen LogP contribution in [0.5, 0.6) is 0 Å². The molecule has 26 heavy (non-hydrogen) atoms. The molecule has 0 bridgehead atoms. The Bertz CT molecular complexity index is 625. The van der Waals surface area contributed by atoms with Crippen molar-refractivity contribution in [2.45, 2.75) is 64.5 Å². The van der Waals surface area contributed by atoms with Crippen molar-refractivity contribution in [3.05, 3.63) is 39.9 Å². The smallest absolute Gasteiger partial charge is 0.325 e. The SMILES string of the molecule is COC(=O)[C@@H](NCc1ccc([N+](=O)[O-])cc1)[C@@H](C)O[Si](C)(C)C(C)(C)C. The lowest BCUT2D eigenvalue weighted by molar-refractivity contribution is -0.384. The highest BCUT2D eigenvalue weighted by Gasteiger charge is 2.41. The molecular weight excluding hydrogens is 352 g/mol. The van der Waals surface area contributed by atoms with Gasteiger partial charge in [-0.2, -0.15) is 0 Å². The van der Waals surface area contributed by atoms with Crippen molar-refractivity contribution in [2.24, 2.45) is 0 Å². The second-order valence-corrected chi connectivity index (χ2v) is 12.6. The van der Waals surface area contributed by atoms with Crippen LogP contribution < -0.4 is 5.32 Å². The second-order valence-electron chi connectivity index (χ2n) is 7.89. The van der Waals surface area contributed by atoms with Gasteiger partial charge in [0, 0.05) is 18.7 Å². The van der Waals surface area contributed by atoms with Crippen LogP contribution in [-0.2, 0) is 20.5 Å². The van der Waals surface area contributed by atoms with Crippen molar-refractivity contribution >= 4 is 20.0 Å². The van der Waals surface area contributed by atoms with Crippen molar-refractivity contribution in [3.8, 4) is 0 Å². The summed E-state index contributed by atoms with van der Waals surface area (Å²) in [5, 5.41) is 13.9. The summed E-state index contributed by atoms with van der Waals surface area (Å²) in [6.07, 6.45) is -0.360. The number of nitro benzene ring substituents is 1. The lowest BCUT2D eigenvalue weighted by atomic mass is 10.1. The molecular formula is C18H30N2O5Si. The number of hydrogen-bond donors (Lipinski definition) is 1. The van der Waals surface area contributed by atoms with Crippen LogP contribution in [0.2, 0.25) is 18.1 Å². The van der Waals surface area contributed by atoms with E-state index < -0.39 is 25.3 Å². The number of nitrogens with zero attached hydrogens (tertiary/aromatic N) is 1. The van der Waals surface area contributed by atoms with E-state index >= 15 is 0 Å². The normalized spacial score (nSPS) is 14.6. The number of rotatable bonds is 8. The van der Waals surface area contributed by atoms with Gasteiger partial charge >= 0.3 is 5.97 Å². The number of carbonyl (C=O) groups is 1. The van der Waals surface area contributed by atoms with E-state index in [9.17, 15) is 14.9 Å². The first-order valence-corrected chi connectivity index (χ1v) is 11.5. The van der Waals surface area contributed by atoms with Crippen LogP contribution in [0, 0.1) is 10.1 Å². The van der Waals surface area contributed by atoms with Crippen LogP contribution in [0.25, 0.3) is 0 Å². The zero-order valence-electron chi connectivity index (χ0n) is 16.7. The van der Waals surface area contributed by atoms with Crippen molar-refractivity contribution < 1.29 is 18.9 Å². The first kappa shape index (κ1) is 22.3. The lowest BCUT2D eigenvalue weighted by Gasteiger charge is -2.40. The lowest BCUT2D eigenvalue weighted by Crippen LogP contribution is -2.52. The highest BCUT2D eigenvalue weighted by Crippen LogP contribution is 2.37. The highest BCUT2D eigenvalue weighted by molar-refractivity contribution is 6.74. The van der Waals surface area contributed by atoms with E-state index in [0.29, 0.717) is 6.54 Å². The number of ether oxygens (including phenoxy) is 1. The molecule has 7 nitrogen and oxygen atoms in total. The molecule has 0 aliphatic rings. The number of non-ortho nitro benzene ring substituents is 1. The molecule has 1 aromatic carbocycles. The average Bonchev–Trinajstić information content (AvgIpc) is 2.53. The van der Waals surface area contributed by atoms with E-state index in [4.69, 9.17) is 9.16 Å². The molecule has 0 spiro atoms. The van der Waals surface area contributed by atoms with Gasteiger partial charge in [0.1, 0.15) is 6.04 Å². The number of esters is 1. The molecule has 0 aromatic heterocycles. The molecule has 1 N–H and O–H groups in total. The van der Waals surface area contributed by atoms with Gasteiger partial charge < -0.3 is 9.16 Å². The molecule has 0 unspecified atom stereocenters. The zero-order valence-corrected chi connectivity index (χ0v) is 17.7. The summed E-state index contributed by atoms with van der Waals surface area (Å²) in [6, 6.07) is 5.60. The molecule has 0 heterocycles. The van der Waals surface area contributed by atoms with Gasteiger partial charge in [0.05, 0.1) is 18.1 Å². The quantitative estimate of drug-likeness (QED) is 0.319. The minimum Gasteiger partial charge on any atom is -0.468 e. The van der Waals surface area contributed by atoms with Gasteiger partial charge in [0.15, 0.2) is 8.32 Å². The highest BCUT2D eigenvalue weighted by atomic mass is 28.4. The van der Waals surface area contributed by atoms with Crippen LogP contribution in [0.4, 0.5) is 5.69 Å². The molecule has 0 amide bonds. The Labute approximate surface area is 156 Å². The molecule has 8 heteroatoms. The van der Waals surface area contributed by atoms with Gasteiger partial charge in [0.2, 0.25) is 0 Å². The predicted octanol–water partition coefficient (Wildman–Crippen LogP) is 3.64. The Morgan fingerprint density at radius 1 is 1.27 bits per heavy atom. The number of nitrogens with one attached hydrogen (secondary N) is 1. The van der Waals surface area contributed by atoms with E-state index in [1.165, 1.54) is 19.2 Å². The van der Waals surface area contributed by atoms with Gasteiger partial charge in [0.25, 0.3) is 5.69 Å². The fourth-order valence-corrected chi connectivity index (χ4v) is 3.66. The molecule has 0 fully saturated rings. The number of methoxy groups -OCH3 is 1. The van der Waals surface area contributed by atoms with Crippen LogP contribution in [0.15, 0.2) is 24.3 Å². The van der Waals surface area contributed by atoms with Crippen LogP contribution in [-0.4, -0.2) is 38.5 Å². The third-order valence-corrected chi connectivity index (χ3v) is 9.46. The average molecular weight is 383 g/mol. The third-order valence-electron chi connectivity index (χ3n) is 4.88. The first-order chi connectivity index (χ1) is 11.9. The third kappa shape index (κ3) is 5.89. The fraction of sp³-hybridized carbons (Fsp3) is 0.611. The zero-order chi connectivity index (χ0) is 20.1. The molecule has 0 saturated carbocycles. The molecule has 1 rings (SSSR count). The Morgan fingerprint density at radius 2 is 1.81 bits per heavy atom. The summed E-state index contributed by atoms with van der Waals surface area (Å²) in [6.45, 7) is 12.9. The Kier molecular flexibility index (Phi) is 7.49. The summed E-state index contributed by atoms with van der Waals surface area (Å²) in [7, 11) is -0.691. The number of carbonyl (C=O) groups excluding carboxylic acids is 1. The number of nitro groups is 1. The van der Waals surface area contributed by atoms with Gasteiger partial charge in [-0.1, -0.05) is 32.9 Å². The Hall–Kier alpha value is -1.77. The summed E-state index contributed by atoms with van der Waals surface area (Å²) in [5.41, 5.74) is 0.872. The number of hydrogen-bond acceptors (Lipinski definition) is 6. The molecule has 1 aromatic rings. The van der Waals surface area contributed by atoms with E-state index in [1.807, 2.05) is 6.92 Å². The van der Waals surface area contributed by atoms with Gasteiger partial charge in [-0.15, -0.1) is 0 Å². The molecule has 0 aliphatic carbocycles.